The normalized spacial score (nSPS) is 13.5. The van der Waals surface area contributed by atoms with Crippen molar-refractivity contribution in [1.82, 2.24) is 24.8 Å². The Hall–Kier alpha value is -3.31. The second-order valence-electron chi connectivity index (χ2n) is 7.07. The highest BCUT2D eigenvalue weighted by molar-refractivity contribution is 6.35. The third kappa shape index (κ3) is 4.33. The molecular weight excluding hydrogens is 463 g/mol. The fourth-order valence-corrected chi connectivity index (χ4v) is 3.83. The van der Waals surface area contributed by atoms with Gasteiger partial charge in [0, 0.05) is 25.1 Å². The predicted octanol–water partition coefficient (Wildman–Crippen LogP) is 3.39. The van der Waals surface area contributed by atoms with E-state index in [1.54, 1.807) is 6.92 Å². The number of halogens is 4. The fourth-order valence-electron chi connectivity index (χ4n) is 3.51. The van der Waals surface area contributed by atoms with Crippen molar-refractivity contribution in [2.75, 3.05) is 13.2 Å². The second kappa shape index (κ2) is 8.91. The van der Waals surface area contributed by atoms with Crippen LogP contribution >= 0.6 is 11.6 Å². The molecule has 172 valence electrons. The molecule has 1 aliphatic rings. The van der Waals surface area contributed by atoms with Crippen LogP contribution in [-0.4, -0.2) is 44.4 Å². The van der Waals surface area contributed by atoms with E-state index in [2.05, 4.69) is 20.3 Å². The van der Waals surface area contributed by atoms with Crippen molar-refractivity contribution >= 4 is 23.4 Å². The molecule has 0 amide bonds. The lowest BCUT2D eigenvalue weighted by Crippen LogP contribution is -2.25. The van der Waals surface area contributed by atoms with Crippen molar-refractivity contribution in [1.29, 1.82) is 0 Å². The highest BCUT2D eigenvalue weighted by Crippen LogP contribution is 2.36. The zero-order chi connectivity index (χ0) is 23.8. The van der Waals surface area contributed by atoms with Gasteiger partial charge in [-0.3, -0.25) is 9.36 Å². The van der Waals surface area contributed by atoms with Crippen LogP contribution in [0.3, 0.4) is 0 Å². The van der Waals surface area contributed by atoms with Crippen molar-refractivity contribution in [3.63, 3.8) is 0 Å². The summed E-state index contributed by atoms with van der Waals surface area (Å²) in [5, 5.41) is 2.46. The number of fused-ring (bicyclic) bond motifs is 1. The molecular formula is C21H17ClF3N5O3. The molecule has 0 saturated carbocycles. The number of nitrogens with zero attached hydrogens (tertiary/aromatic N) is 4. The zero-order valence-electron chi connectivity index (χ0n) is 17.2. The maximum absolute atomic E-state index is 13.1. The maximum Gasteiger partial charge on any atom is 0.417 e. The number of rotatable bonds is 5. The van der Waals surface area contributed by atoms with E-state index in [4.69, 9.17) is 16.3 Å². The number of imidazole rings is 1. The molecule has 2 aromatic heterocycles. The Bertz CT molecular complexity index is 1230. The molecule has 1 aromatic carbocycles. The van der Waals surface area contributed by atoms with Crippen molar-refractivity contribution in [3.05, 3.63) is 69.6 Å². The first kappa shape index (κ1) is 22.9. The summed E-state index contributed by atoms with van der Waals surface area (Å²) in [5.41, 5.74) is -0.231. The maximum atomic E-state index is 13.1. The molecule has 0 radical (unpaired) electrons. The molecule has 1 N–H and O–H groups in total. The standard InChI is InChI=1S/C21H17ClF3N5O3/c1-2-33-20(32)19-29-13-8-26-7-6-15(13)30(19)16-10-27-14(9-28-16)18(31)11-4-3-5-12(17(11)22)21(23,24)25/h3-5,9-10,26H,2,6-8H2,1H3. The van der Waals surface area contributed by atoms with Gasteiger partial charge in [0.1, 0.15) is 5.69 Å². The number of alkyl halides is 3. The minimum Gasteiger partial charge on any atom is -0.460 e. The van der Waals surface area contributed by atoms with Gasteiger partial charge in [-0.25, -0.2) is 19.7 Å². The molecule has 0 unspecified atom stereocenters. The van der Waals surface area contributed by atoms with E-state index in [0.29, 0.717) is 25.2 Å². The minimum atomic E-state index is -4.71. The molecule has 0 bridgehead atoms. The molecule has 3 heterocycles. The topological polar surface area (TPSA) is 99.0 Å². The van der Waals surface area contributed by atoms with Gasteiger partial charge in [-0.2, -0.15) is 13.2 Å². The molecule has 0 atom stereocenters. The highest BCUT2D eigenvalue weighted by atomic mass is 35.5. The van der Waals surface area contributed by atoms with Gasteiger partial charge in [0.25, 0.3) is 0 Å². The summed E-state index contributed by atoms with van der Waals surface area (Å²) < 4.78 is 46.0. The Kier molecular flexibility index (Phi) is 6.17. The van der Waals surface area contributed by atoms with Crippen LogP contribution in [-0.2, 0) is 23.9 Å². The van der Waals surface area contributed by atoms with E-state index in [9.17, 15) is 22.8 Å². The quantitative estimate of drug-likeness (QED) is 0.442. The van der Waals surface area contributed by atoms with Crippen molar-refractivity contribution in [2.24, 2.45) is 0 Å². The Balaban J connectivity index is 1.71. The van der Waals surface area contributed by atoms with E-state index >= 15 is 0 Å². The number of carbonyl (C=O) groups excluding carboxylic acids is 2. The average Bonchev–Trinajstić information content (AvgIpc) is 3.18. The zero-order valence-corrected chi connectivity index (χ0v) is 18.0. The van der Waals surface area contributed by atoms with E-state index < -0.39 is 28.5 Å². The molecule has 12 heteroatoms. The van der Waals surface area contributed by atoms with Crippen LogP contribution in [0.25, 0.3) is 5.82 Å². The highest BCUT2D eigenvalue weighted by Gasteiger charge is 2.35. The fraction of sp³-hybridized carbons (Fsp3) is 0.286. The number of esters is 1. The Labute approximate surface area is 190 Å². The molecule has 33 heavy (non-hydrogen) atoms. The number of nitrogens with one attached hydrogen (secondary N) is 1. The Morgan fingerprint density at radius 2 is 2.03 bits per heavy atom. The third-order valence-electron chi connectivity index (χ3n) is 4.99. The summed E-state index contributed by atoms with van der Waals surface area (Å²) in [6, 6.07) is 3.08. The van der Waals surface area contributed by atoms with Crippen molar-refractivity contribution in [3.8, 4) is 5.82 Å². The van der Waals surface area contributed by atoms with Gasteiger partial charge < -0.3 is 10.1 Å². The lowest BCUT2D eigenvalue weighted by Gasteiger charge is -2.15. The van der Waals surface area contributed by atoms with Gasteiger partial charge in [0.05, 0.1) is 41.0 Å². The number of hydrogen-bond donors (Lipinski definition) is 1. The molecule has 0 fully saturated rings. The van der Waals surface area contributed by atoms with Gasteiger partial charge in [-0.15, -0.1) is 0 Å². The summed E-state index contributed by atoms with van der Waals surface area (Å²) in [7, 11) is 0. The summed E-state index contributed by atoms with van der Waals surface area (Å²) in [5.74, 6) is -1.20. The van der Waals surface area contributed by atoms with Gasteiger partial charge in [0.2, 0.25) is 11.6 Å². The Morgan fingerprint density at radius 3 is 2.70 bits per heavy atom. The molecule has 8 nitrogen and oxygen atoms in total. The van der Waals surface area contributed by atoms with E-state index in [1.165, 1.54) is 16.8 Å². The molecule has 0 spiro atoms. The monoisotopic (exact) mass is 479 g/mol. The molecule has 0 aliphatic carbocycles. The van der Waals surface area contributed by atoms with Crippen LogP contribution in [0.5, 0.6) is 0 Å². The first-order chi connectivity index (χ1) is 15.7. The molecule has 0 saturated heterocycles. The lowest BCUT2D eigenvalue weighted by molar-refractivity contribution is -0.137. The lowest BCUT2D eigenvalue weighted by atomic mass is 10.0. The predicted molar refractivity (Wildman–Crippen MR) is 110 cm³/mol. The van der Waals surface area contributed by atoms with E-state index in [1.807, 2.05) is 0 Å². The van der Waals surface area contributed by atoms with Crippen LogP contribution in [0.4, 0.5) is 13.2 Å². The number of carbonyl (C=O) groups is 2. The van der Waals surface area contributed by atoms with Gasteiger partial charge in [-0.05, 0) is 19.1 Å². The van der Waals surface area contributed by atoms with Gasteiger partial charge in [0.15, 0.2) is 5.82 Å². The summed E-state index contributed by atoms with van der Waals surface area (Å²) in [4.78, 5) is 37.9. The SMILES string of the molecule is CCOC(=O)c1nc2c(n1-c1cnc(C(=O)c3cccc(C(F)(F)F)c3Cl)cn1)CCNC2. The van der Waals surface area contributed by atoms with Crippen LogP contribution in [0.2, 0.25) is 5.02 Å². The number of ether oxygens (including phenoxy) is 1. The van der Waals surface area contributed by atoms with Crippen molar-refractivity contribution in [2.45, 2.75) is 26.1 Å². The smallest absolute Gasteiger partial charge is 0.417 e. The van der Waals surface area contributed by atoms with Gasteiger partial charge in [-0.1, -0.05) is 17.7 Å². The average molecular weight is 480 g/mol. The van der Waals surface area contributed by atoms with E-state index in [-0.39, 0.29) is 29.5 Å². The molecule has 3 aromatic rings. The number of benzene rings is 1. The number of ketones is 1. The second-order valence-corrected chi connectivity index (χ2v) is 7.44. The van der Waals surface area contributed by atoms with Gasteiger partial charge >= 0.3 is 12.1 Å². The minimum absolute atomic E-state index is 0.0276. The largest absolute Gasteiger partial charge is 0.460 e. The van der Waals surface area contributed by atoms with Crippen LogP contribution in [0.15, 0.2) is 30.6 Å². The number of aromatic nitrogens is 4. The Morgan fingerprint density at radius 1 is 1.24 bits per heavy atom. The van der Waals surface area contributed by atoms with Crippen molar-refractivity contribution < 1.29 is 27.5 Å². The first-order valence-electron chi connectivity index (χ1n) is 9.93. The first-order valence-corrected chi connectivity index (χ1v) is 10.3. The molecule has 1 aliphatic heterocycles. The number of hydrogen-bond acceptors (Lipinski definition) is 7. The third-order valence-corrected chi connectivity index (χ3v) is 5.40. The summed E-state index contributed by atoms with van der Waals surface area (Å²) >= 11 is 5.86. The molecule has 4 rings (SSSR count). The summed E-state index contributed by atoms with van der Waals surface area (Å²) in [6.07, 6.45) is -1.76. The summed E-state index contributed by atoms with van der Waals surface area (Å²) in [6.45, 7) is 2.96. The van der Waals surface area contributed by atoms with E-state index in [0.717, 1.165) is 24.0 Å². The van der Waals surface area contributed by atoms with Crippen LogP contribution < -0.4 is 5.32 Å². The van der Waals surface area contributed by atoms with Crippen LogP contribution in [0, 0.1) is 0 Å². The van der Waals surface area contributed by atoms with Crippen LogP contribution in [0.1, 0.15) is 50.5 Å².